The highest BCUT2D eigenvalue weighted by atomic mass is 32.2. The van der Waals surface area contributed by atoms with Crippen LogP contribution in [0.25, 0.3) is 0 Å². The minimum absolute atomic E-state index is 0.762. The summed E-state index contributed by atoms with van der Waals surface area (Å²) < 4.78 is 13.0. The Labute approximate surface area is 188 Å². The summed E-state index contributed by atoms with van der Waals surface area (Å²) in [7, 11) is -1.10. The lowest BCUT2D eigenvalue weighted by Crippen LogP contribution is -2.04. The monoisotopic (exact) mass is 426 g/mol. The Hall–Kier alpha value is -1.41. The van der Waals surface area contributed by atoms with Gasteiger partial charge in [0.25, 0.3) is 0 Å². The molecule has 0 spiro atoms. The Morgan fingerprint density at radius 1 is 0.633 bits per heavy atom. The van der Waals surface area contributed by atoms with Crippen LogP contribution in [0.2, 0.25) is 0 Å². The van der Waals surface area contributed by atoms with E-state index in [1.807, 2.05) is 0 Å². The van der Waals surface area contributed by atoms with Gasteiger partial charge in [0.05, 0.1) is 10.8 Å². The maximum absolute atomic E-state index is 13.0. The summed E-state index contributed by atoms with van der Waals surface area (Å²) in [6, 6.07) is 16.9. The molecule has 0 saturated carbocycles. The molecule has 166 valence electrons. The number of rotatable bonds is 14. The van der Waals surface area contributed by atoms with Gasteiger partial charge in [0.2, 0.25) is 0 Å². The molecule has 2 aromatic carbocycles. The average Bonchev–Trinajstić information content (AvgIpc) is 2.79. The molecule has 2 unspecified atom stereocenters. The molecule has 0 bridgehead atoms. The largest absolute Gasteiger partial charge is 0.249 e. The van der Waals surface area contributed by atoms with Crippen LogP contribution in [-0.2, 0) is 23.6 Å². The van der Waals surface area contributed by atoms with Crippen LogP contribution in [0.15, 0.2) is 58.3 Å². The highest BCUT2D eigenvalue weighted by molar-refractivity contribution is 7.85. The van der Waals surface area contributed by atoms with E-state index in [-0.39, 0.29) is 0 Å². The Bertz CT molecular complexity index is 669. The summed E-state index contributed by atoms with van der Waals surface area (Å²) >= 11 is 0. The van der Waals surface area contributed by atoms with Crippen LogP contribution in [0, 0.1) is 11.8 Å². The number of unbranched alkanes of at least 4 members (excludes halogenated alkanes) is 2. The third kappa shape index (κ3) is 8.02. The molecule has 0 amide bonds. The van der Waals surface area contributed by atoms with Gasteiger partial charge >= 0.3 is 0 Å². The minimum Gasteiger partial charge on any atom is -0.249 e. The third-order valence-electron chi connectivity index (χ3n) is 6.41. The van der Waals surface area contributed by atoms with Crippen LogP contribution in [0.5, 0.6) is 0 Å². The van der Waals surface area contributed by atoms with Crippen molar-refractivity contribution < 1.29 is 4.21 Å². The fourth-order valence-electron chi connectivity index (χ4n) is 4.19. The van der Waals surface area contributed by atoms with E-state index in [2.05, 4.69) is 76.2 Å². The van der Waals surface area contributed by atoms with E-state index in [0.29, 0.717) is 0 Å². The smallest absolute Gasteiger partial charge is 0.0849 e. The first-order valence-corrected chi connectivity index (χ1v) is 13.4. The first kappa shape index (κ1) is 24.9. The first-order valence-electron chi connectivity index (χ1n) is 12.2. The van der Waals surface area contributed by atoms with E-state index in [0.717, 1.165) is 34.5 Å². The second-order valence-electron chi connectivity index (χ2n) is 8.80. The molecule has 0 N–H and O–H groups in total. The Morgan fingerprint density at radius 2 is 1.00 bits per heavy atom. The lowest BCUT2D eigenvalue weighted by Gasteiger charge is -2.15. The summed E-state index contributed by atoms with van der Waals surface area (Å²) in [6.07, 6.45) is 12.5. The van der Waals surface area contributed by atoms with Gasteiger partial charge in [-0.1, -0.05) is 103 Å². The van der Waals surface area contributed by atoms with Crippen LogP contribution in [0.1, 0.15) is 90.2 Å². The van der Waals surface area contributed by atoms with Crippen molar-refractivity contribution in [3.63, 3.8) is 0 Å². The second-order valence-corrected chi connectivity index (χ2v) is 10.3. The van der Waals surface area contributed by atoms with Gasteiger partial charge in [-0.05, 0) is 60.1 Å². The SMILES string of the molecule is CCCCC(CC)Cc1ccc(S(=O)c2ccc(CC(CC)CCCC)cc2)cc1. The van der Waals surface area contributed by atoms with E-state index in [4.69, 9.17) is 0 Å². The maximum Gasteiger partial charge on any atom is 0.0849 e. The molecule has 0 saturated heterocycles. The summed E-state index contributed by atoms with van der Waals surface area (Å²) in [5.74, 6) is 1.52. The van der Waals surface area contributed by atoms with Crippen LogP contribution in [0.4, 0.5) is 0 Å². The highest BCUT2D eigenvalue weighted by Crippen LogP contribution is 2.23. The van der Waals surface area contributed by atoms with Gasteiger partial charge in [-0.25, -0.2) is 4.21 Å². The van der Waals surface area contributed by atoms with Crippen molar-refractivity contribution in [3.8, 4) is 0 Å². The maximum atomic E-state index is 13.0. The normalized spacial score (nSPS) is 14.4. The van der Waals surface area contributed by atoms with E-state index >= 15 is 0 Å². The molecule has 0 fully saturated rings. The molecule has 2 heteroatoms. The lowest BCUT2D eigenvalue weighted by atomic mass is 9.92. The quantitative estimate of drug-likeness (QED) is 0.296. The molecular formula is C28H42OS. The lowest BCUT2D eigenvalue weighted by molar-refractivity contribution is 0.449. The zero-order valence-electron chi connectivity index (χ0n) is 19.7. The molecule has 0 aromatic heterocycles. The molecule has 0 aliphatic heterocycles. The van der Waals surface area contributed by atoms with E-state index < -0.39 is 10.8 Å². The number of hydrogen-bond donors (Lipinski definition) is 0. The van der Waals surface area contributed by atoms with Crippen molar-refractivity contribution in [2.75, 3.05) is 0 Å². The van der Waals surface area contributed by atoms with Gasteiger partial charge in [0.15, 0.2) is 0 Å². The average molecular weight is 427 g/mol. The predicted octanol–water partition coefficient (Wildman–Crippen LogP) is 8.37. The Morgan fingerprint density at radius 3 is 1.30 bits per heavy atom. The molecule has 0 heterocycles. The summed E-state index contributed by atoms with van der Waals surface area (Å²) in [5, 5.41) is 0. The molecule has 1 nitrogen and oxygen atoms in total. The molecule has 2 aromatic rings. The second kappa shape index (κ2) is 13.8. The fourth-order valence-corrected chi connectivity index (χ4v) is 5.23. The zero-order chi connectivity index (χ0) is 21.8. The fraction of sp³-hybridized carbons (Fsp3) is 0.571. The molecular weight excluding hydrogens is 384 g/mol. The predicted molar refractivity (Wildman–Crippen MR) is 132 cm³/mol. The molecule has 0 aliphatic carbocycles. The molecule has 2 rings (SSSR count). The topological polar surface area (TPSA) is 17.1 Å². The van der Waals surface area contributed by atoms with Gasteiger partial charge in [0.1, 0.15) is 0 Å². The van der Waals surface area contributed by atoms with E-state index in [9.17, 15) is 4.21 Å². The van der Waals surface area contributed by atoms with E-state index in [1.54, 1.807) is 0 Å². The van der Waals surface area contributed by atoms with Crippen LogP contribution in [0.3, 0.4) is 0 Å². The van der Waals surface area contributed by atoms with Gasteiger partial charge in [-0.3, -0.25) is 0 Å². The molecule has 0 radical (unpaired) electrons. The van der Waals surface area contributed by atoms with Gasteiger partial charge < -0.3 is 0 Å². The number of benzene rings is 2. The molecule has 30 heavy (non-hydrogen) atoms. The molecule has 0 aliphatic rings. The zero-order valence-corrected chi connectivity index (χ0v) is 20.5. The van der Waals surface area contributed by atoms with Gasteiger partial charge in [-0.15, -0.1) is 0 Å². The summed E-state index contributed by atoms with van der Waals surface area (Å²) in [6.45, 7) is 9.11. The van der Waals surface area contributed by atoms with Crippen molar-refractivity contribution in [3.05, 3.63) is 59.7 Å². The van der Waals surface area contributed by atoms with Crippen LogP contribution < -0.4 is 0 Å². The number of hydrogen-bond acceptors (Lipinski definition) is 1. The van der Waals surface area contributed by atoms with Crippen molar-refractivity contribution in [1.82, 2.24) is 0 Å². The third-order valence-corrected chi connectivity index (χ3v) is 7.81. The van der Waals surface area contributed by atoms with Crippen molar-refractivity contribution in [2.24, 2.45) is 11.8 Å². The Kier molecular flexibility index (Phi) is 11.4. The highest BCUT2D eigenvalue weighted by Gasteiger charge is 2.11. The minimum atomic E-state index is -1.10. The van der Waals surface area contributed by atoms with Gasteiger partial charge in [0, 0.05) is 9.79 Å². The Balaban J connectivity index is 1.97. The van der Waals surface area contributed by atoms with Crippen molar-refractivity contribution in [1.29, 1.82) is 0 Å². The summed E-state index contributed by atoms with van der Waals surface area (Å²) in [5.41, 5.74) is 2.73. The summed E-state index contributed by atoms with van der Waals surface area (Å²) in [4.78, 5) is 1.81. The van der Waals surface area contributed by atoms with Crippen molar-refractivity contribution >= 4 is 10.8 Å². The van der Waals surface area contributed by atoms with Crippen LogP contribution >= 0.6 is 0 Å². The standard InChI is InChI=1S/C28H42OS/c1-5-9-11-23(7-3)21-25-13-17-27(18-14-25)30(29)28-19-15-26(16-20-28)22-24(8-4)12-10-6-2/h13-20,23-24H,5-12,21-22H2,1-4H3. The first-order chi connectivity index (χ1) is 14.6. The van der Waals surface area contributed by atoms with E-state index in [1.165, 1.54) is 62.5 Å². The van der Waals surface area contributed by atoms with Gasteiger partial charge in [-0.2, -0.15) is 0 Å². The van der Waals surface area contributed by atoms with Crippen LogP contribution in [-0.4, -0.2) is 4.21 Å². The molecule has 2 atom stereocenters. The van der Waals surface area contributed by atoms with Crippen molar-refractivity contribution in [2.45, 2.75) is 102 Å².